The van der Waals surface area contributed by atoms with Crippen molar-refractivity contribution in [3.63, 3.8) is 0 Å². The molecule has 7 nitrogen and oxygen atoms in total. The Morgan fingerprint density at radius 2 is 1.94 bits per heavy atom. The SMILES string of the molecule is CCc1c(NC(=O)C(CCO)n2nc(C(F)(F)F)c(Cl)c2C)cnn1-c1ccc(F)cc1. The minimum absolute atomic E-state index is 0.0506. The average Bonchev–Trinajstić information content (AvgIpc) is 3.27. The van der Waals surface area contributed by atoms with Crippen LogP contribution in [0, 0.1) is 12.7 Å². The highest BCUT2D eigenvalue weighted by atomic mass is 35.5. The molecule has 2 heterocycles. The molecule has 1 unspecified atom stereocenters. The molecule has 0 aliphatic carbocycles. The van der Waals surface area contributed by atoms with E-state index in [1.165, 1.54) is 42.1 Å². The van der Waals surface area contributed by atoms with E-state index in [1.54, 1.807) is 0 Å². The number of amides is 1. The fourth-order valence-electron chi connectivity index (χ4n) is 3.31. The van der Waals surface area contributed by atoms with Gasteiger partial charge in [0.15, 0.2) is 5.69 Å². The highest BCUT2D eigenvalue weighted by Gasteiger charge is 2.39. The molecule has 1 aromatic carbocycles. The molecule has 0 saturated carbocycles. The molecular weight excluding hydrogens is 454 g/mol. The summed E-state index contributed by atoms with van der Waals surface area (Å²) in [6.07, 6.45) is -3.14. The summed E-state index contributed by atoms with van der Waals surface area (Å²) < 4.78 is 55.2. The molecular formula is C20H20ClF4N5O2. The van der Waals surface area contributed by atoms with Crippen molar-refractivity contribution in [3.8, 4) is 5.69 Å². The van der Waals surface area contributed by atoms with E-state index in [9.17, 15) is 27.5 Å². The number of halogens is 5. The summed E-state index contributed by atoms with van der Waals surface area (Å²) in [6.45, 7) is 2.67. The molecule has 0 aliphatic rings. The van der Waals surface area contributed by atoms with Gasteiger partial charge >= 0.3 is 6.18 Å². The van der Waals surface area contributed by atoms with Gasteiger partial charge in [-0.1, -0.05) is 18.5 Å². The third-order valence-corrected chi connectivity index (χ3v) is 5.33. The molecule has 3 rings (SSSR count). The van der Waals surface area contributed by atoms with Gasteiger partial charge in [-0.3, -0.25) is 9.48 Å². The Balaban J connectivity index is 1.93. The van der Waals surface area contributed by atoms with Crippen LogP contribution in [0.5, 0.6) is 0 Å². The van der Waals surface area contributed by atoms with Crippen molar-refractivity contribution in [2.45, 2.75) is 38.9 Å². The maximum absolute atomic E-state index is 13.2. The lowest BCUT2D eigenvalue weighted by atomic mass is 10.2. The summed E-state index contributed by atoms with van der Waals surface area (Å²) in [5, 5.41) is 19.2. The van der Waals surface area contributed by atoms with Gasteiger partial charge in [-0.15, -0.1) is 0 Å². The molecule has 0 bridgehead atoms. The molecule has 172 valence electrons. The van der Waals surface area contributed by atoms with Crippen LogP contribution in [-0.2, 0) is 17.4 Å². The maximum atomic E-state index is 13.2. The second-order valence-electron chi connectivity index (χ2n) is 6.95. The predicted octanol–water partition coefficient (Wildman–Crippen LogP) is 4.31. The number of anilines is 1. The average molecular weight is 474 g/mol. The van der Waals surface area contributed by atoms with E-state index in [-0.39, 0.29) is 12.1 Å². The summed E-state index contributed by atoms with van der Waals surface area (Å²) in [4.78, 5) is 13.0. The molecule has 1 atom stereocenters. The zero-order valence-corrected chi connectivity index (χ0v) is 17.9. The van der Waals surface area contributed by atoms with E-state index in [1.807, 2.05) is 6.92 Å². The molecule has 12 heteroatoms. The Bertz CT molecular complexity index is 1110. The molecule has 2 N–H and O–H groups in total. The lowest BCUT2D eigenvalue weighted by molar-refractivity contribution is -0.141. The molecule has 2 aromatic heterocycles. The van der Waals surface area contributed by atoms with Crippen LogP contribution in [0.2, 0.25) is 5.02 Å². The zero-order chi connectivity index (χ0) is 23.6. The minimum Gasteiger partial charge on any atom is -0.396 e. The maximum Gasteiger partial charge on any atom is 0.436 e. The van der Waals surface area contributed by atoms with Crippen LogP contribution in [0.3, 0.4) is 0 Å². The Kier molecular flexibility index (Phi) is 6.89. The number of aromatic nitrogens is 4. The van der Waals surface area contributed by atoms with Gasteiger partial charge in [0.25, 0.3) is 0 Å². The summed E-state index contributed by atoms with van der Waals surface area (Å²) in [5.41, 5.74) is 0.145. The summed E-state index contributed by atoms with van der Waals surface area (Å²) in [6, 6.07) is 4.35. The number of carbonyl (C=O) groups is 1. The second kappa shape index (κ2) is 9.29. The van der Waals surface area contributed by atoms with Gasteiger partial charge in [-0.2, -0.15) is 23.4 Å². The highest BCUT2D eigenvalue weighted by molar-refractivity contribution is 6.32. The first-order valence-corrected chi connectivity index (χ1v) is 10.0. The number of aliphatic hydroxyl groups excluding tert-OH is 1. The van der Waals surface area contributed by atoms with Crippen LogP contribution in [0.25, 0.3) is 5.69 Å². The molecule has 0 saturated heterocycles. The summed E-state index contributed by atoms with van der Waals surface area (Å²) in [5.74, 6) is -1.10. The molecule has 32 heavy (non-hydrogen) atoms. The normalized spacial score (nSPS) is 12.8. The standard InChI is InChI=1S/C20H20ClF4N5O2/c1-3-15-14(10-26-30(15)13-6-4-12(22)5-7-13)27-19(32)16(8-9-31)29-11(2)17(21)18(28-29)20(23,24)25/h4-7,10,16,31H,3,8-9H2,1-2H3,(H,27,32). The largest absolute Gasteiger partial charge is 0.436 e. The zero-order valence-electron chi connectivity index (χ0n) is 17.1. The summed E-state index contributed by atoms with van der Waals surface area (Å²) in [7, 11) is 0. The number of hydrogen-bond acceptors (Lipinski definition) is 4. The molecule has 1 amide bonds. The number of alkyl halides is 3. The van der Waals surface area contributed by atoms with E-state index < -0.39 is 41.3 Å². The number of aliphatic hydroxyl groups is 1. The number of hydrogen-bond donors (Lipinski definition) is 2. The van der Waals surface area contributed by atoms with Crippen LogP contribution < -0.4 is 5.32 Å². The lowest BCUT2D eigenvalue weighted by Gasteiger charge is -2.18. The molecule has 0 aliphatic heterocycles. The fraction of sp³-hybridized carbons (Fsp3) is 0.350. The third-order valence-electron chi connectivity index (χ3n) is 4.88. The fourth-order valence-corrected chi connectivity index (χ4v) is 3.54. The van der Waals surface area contributed by atoms with Crippen LogP contribution in [0.1, 0.15) is 36.5 Å². The number of nitrogens with one attached hydrogen (secondary N) is 1. The van der Waals surface area contributed by atoms with Crippen molar-refractivity contribution < 1.29 is 27.5 Å². The van der Waals surface area contributed by atoms with E-state index in [0.717, 1.165) is 4.68 Å². The van der Waals surface area contributed by atoms with Crippen molar-refractivity contribution in [2.24, 2.45) is 0 Å². The summed E-state index contributed by atoms with van der Waals surface area (Å²) >= 11 is 5.80. The number of benzene rings is 1. The van der Waals surface area contributed by atoms with Gasteiger partial charge in [0.2, 0.25) is 5.91 Å². The van der Waals surface area contributed by atoms with Crippen molar-refractivity contribution in [2.75, 3.05) is 11.9 Å². The van der Waals surface area contributed by atoms with Gasteiger partial charge in [0.1, 0.15) is 11.9 Å². The van der Waals surface area contributed by atoms with E-state index in [4.69, 9.17) is 11.6 Å². The van der Waals surface area contributed by atoms with Crippen LogP contribution >= 0.6 is 11.6 Å². The van der Waals surface area contributed by atoms with E-state index in [2.05, 4.69) is 15.5 Å². The van der Waals surface area contributed by atoms with Gasteiger partial charge in [0.05, 0.1) is 34.0 Å². The predicted molar refractivity (Wildman–Crippen MR) is 109 cm³/mol. The highest BCUT2D eigenvalue weighted by Crippen LogP contribution is 2.36. The number of rotatable bonds is 7. The Morgan fingerprint density at radius 3 is 2.47 bits per heavy atom. The van der Waals surface area contributed by atoms with Crippen molar-refractivity contribution in [1.29, 1.82) is 0 Å². The third kappa shape index (κ3) is 4.63. The smallest absolute Gasteiger partial charge is 0.396 e. The Hall–Kier alpha value is -2.92. The number of carbonyl (C=O) groups excluding carboxylic acids is 1. The Labute approximate surface area is 185 Å². The Morgan fingerprint density at radius 1 is 1.28 bits per heavy atom. The van der Waals surface area contributed by atoms with Gasteiger partial charge < -0.3 is 10.4 Å². The van der Waals surface area contributed by atoms with E-state index >= 15 is 0 Å². The van der Waals surface area contributed by atoms with Crippen molar-refractivity contribution in [3.05, 3.63) is 58.4 Å². The van der Waals surface area contributed by atoms with Crippen LogP contribution in [-0.4, -0.2) is 37.2 Å². The van der Waals surface area contributed by atoms with Gasteiger partial charge in [-0.05, 0) is 37.6 Å². The first-order valence-electron chi connectivity index (χ1n) is 9.64. The van der Waals surface area contributed by atoms with E-state index in [0.29, 0.717) is 23.5 Å². The molecule has 3 aromatic rings. The molecule has 0 fully saturated rings. The second-order valence-corrected chi connectivity index (χ2v) is 7.33. The number of nitrogens with zero attached hydrogens (tertiary/aromatic N) is 4. The van der Waals surface area contributed by atoms with Crippen molar-refractivity contribution in [1.82, 2.24) is 19.6 Å². The monoisotopic (exact) mass is 473 g/mol. The minimum atomic E-state index is -4.79. The topological polar surface area (TPSA) is 85.0 Å². The lowest BCUT2D eigenvalue weighted by Crippen LogP contribution is -2.29. The van der Waals surface area contributed by atoms with Crippen LogP contribution in [0.15, 0.2) is 30.5 Å². The first-order chi connectivity index (χ1) is 15.1. The first kappa shape index (κ1) is 23.7. The van der Waals surface area contributed by atoms with Gasteiger partial charge in [-0.25, -0.2) is 9.07 Å². The van der Waals surface area contributed by atoms with Gasteiger partial charge in [0, 0.05) is 13.0 Å². The molecule has 0 spiro atoms. The quantitative estimate of drug-likeness (QED) is 0.501. The van der Waals surface area contributed by atoms with Crippen LogP contribution in [0.4, 0.5) is 23.2 Å². The van der Waals surface area contributed by atoms with Crippen molar-refractivity contribution >= 4 is 23.2 Å². The molecule has 0 radical (unpaired) electrons.